The molecular formula is C18H24N4O3. The van der Waals surface area contributed by atoms with Crippen LogP contribution in [0, 0.1) is 6.92 Å². The standard InChI is InChI=1S/C18H24N4O3/c1-15-13-17(25-20-15)18(23)22(14-16-3-5-19-6-4-16)8-2-7-21-9-11-24-12-10-21/h3-6,13H,2,7-12,14H2,1H3. The van der Waals surface area contributed by atoms with Crippen LogP contribution in [0.3, 0.4) is 0 Å². The van der Waals surface area contributed by atoms with Gasteiger partial charge in [-0.05, 0) is 31.0 Å². The van der Waals surface area contributed by atoms with Crippen LogP contribution >= 0.6 is 0 Å². The van der Waals surface area contributed by atoms with Crippen molar-refractivity contribution in [3.63, 3.8) is 0 Å². The number of pyridine rings is 1. The van der Waals surface area contributed by atoms with Gasteiger partial charge in [-0.15, -0.1) is 0 Å². The number of hydrogen-bond acceptors (Lipinski definition) is 6. The van der Waals surface area contributed by atoms with Crippen molar-refractivity contribution < 1.29 is 14.1 Å². The summed E-state index contributed by atoms with van der Waals surface area (Å²) in [5.74, 6) is 0.164. The van der Waals surface area contributed by atoms with Crippen LogP contribution in [0.4, 0.5) is 0 Å². The van der Waals surface area contributed by atoms with E-state index in [1.54, 1.807) is 18.5 Å². The van der Waals surface area contributed by atoms with Crippen LogP contribution in [0.25, 0.3) is 0 Å². The van der Waals surface area contributed by atoms with Gasteiger partial charge in [0.1, 0.15) is 0 Å². The quantitative estimate of drug-likeness (QED) is 0.762. The van der Waals surface area contributed by atoms with Gasteiger partial charge >= 0.3 is 0 Å². The van der Waals surface area contributed by atoms with E-state index in [0.717, 1.165) is 44.8 Å². The van der Waals surface area contributed by atoms with Gasteiger partial charge in [0.25, 0.3) is 5.91 Å². The Kier molecular flexibility index (Phi) is 6.14. The van der Waals surface area contributed by atoms with E-state index in [1.165, 1.54) is 0 Å². The van der Waals surface area contributed by atoms with Gasteiger partial charge in [0.05, 0.1) is 18.9 Å². The fourth-order valence-corrected chi connectivity index (χ4v) is 2.89. The van der Waals surface area contributed by atoms with Crippen molar-refractivity contribution >= 4 is 5.91 Å². The Morgan fingerprint density at radius 1 is 1.28 bits per heavy atom. The highest BCUT2D eigenvalue weighted by atomic mass is 16.5. The van der Waals surface area contributed by atoms with Gasteiger partial charge in [0.2, 0.25) is 5.76 Å². The molecule has 0 aliphatic carbocycles. The highest BCUT2D eigenvalue weighted by Gasteiger charge is 2.20. The fourth-order valence-electron chi connectivity index (χ4n) is 2.89. The van der Waals surface area contributed by atoms with Crippen LogP contribution in [0.1, 0.15) is 28.2 Å². The molecule has 2 aromatic rings. The van der Waals surface area contributed by atoms with Crippen molar-refractivity contribution in [2.45, 2.75) is 19.9 Å². The van der Waals surface area contributed by atoms with Crippen LogP contribution in [0.15, 0.2) is 35.1 Å². The number of carbonyl (C=O) groups excluding carboxylic acids is 1. The predicted octanol–water partition coefficient (Wildman–Crippen LogP) is 1.74. The second-order valence-electron chi connectivity index (χ2n) is 6.22. The van der Waals surface area contributed by atoms with Crippen molar-refractivity contribution in [3.05, 3.63) is 47.6 Å². The molecule has 1 aliphatic rings. The van der Waals surface area contributed by atoms with E-state index >= 15 is 0 Å². The maximum Gasteiger partial charge on any atom is 0.292 e. The smallest absolute Gasteiger partial charge is 0.292 e. The lowest BCUT2D eigenvalue weighted by Crippen LogP contribution is -2.39. The van der Waals surface area contributed by atoms with E-state index in [1.807, 2.05) is 24.0 Å². The van der Waals surface area contributed by atoms with Crippen LogP contribution in [-0.4, -0.2) is 65.2 Å². The summed E-state index contributed by atoms with van der Waals surface area (Å²) in [6.07, 6.45) is 4.39. The normalized spacial score (nSPS) is 15.2. The molecule has 0 N–H and O–H groups in total. The van der Waals surface area contributed by atoms with E-state index in [0.29, 0.717) is 18.8 Å². The largest absolute Gasteiger partial charge is 0.379 e. The Labute approximate surface area is 147 Å². The summed E-state index contributed by atoms with van der Waals surface area (Å²) >= 11 is 0. The molecule has 1 aliphatic heterocycles. The molecule has 0 saturated carbocycles. The minimum absolute atomic E-state index is 0.126. The fraction of sp³-hybridized carbons (Fsp3) is 0.500. The summed E-state index contributed by atoms with van der Waals surface area (Å²) in [5, 5.41) is 3.83. The van der Waals surface area contributed by atoms with E-state index in [4.69, 9.17) is 9.26 Å². The summed E-state index contributed by atoms with van der Waals surface area (Å²) in [6, 6.07) is 5.53. The first kappa shape index (κ1) is 17.6. The molecule has 3 heterocycles. The van der Waals surface area contributed by atoms with Gasteiger partial charge in [-0.1, -0.05) is 5.16 Å². The lowest BCUT2D eigenvalue weighted by atomic mass is 10.2. The molecule has 0 bridgehead atoms. The van der Waals surface area contributed by atoms with Crippen LogP contribution in [-0.2, 0) is 11.3 Å². The van der Waals surface area contributed by atoms with Gasteiger partial charge in [-0.3, -0.25) is 14.7 Å². The van der Waals surface area contributed by atoms with Crippen molar-refractivity contribution in [1.29, 1.82) is 0 Å². The molecule has 1 saturated heterocycles. The Hall–Kier alpha value is -2.25. The second kappa shape index (κ2) is 8.73. The molecule has 7 nitrogen and oxygen atoms in total. The maximum atomic E-state index is 12.8. The highest BCUT2D eigenvalue weighted by molar-refractivity contribution is 5.91. The van der Waals surface area contributed by atoms with E-state index < -0.39 is 0 Å². The number of morpholine rings is 1. The number of rotatable bonds is 7. The molecule has 1 fully saturated rings. The zero-order valence-corrected chi connectivity index (χ0v) is 14.6. The molecule has 0 radical (unpaired) electrons. The van der Waals surface area contributed by atoms with Gasteiger partial charge in [-0.25, -0.2) is 0 Å². The molecule has 25 heavy (non-hydrogen) atoms. The average Bonchev–Trinajstić information content (AvgIpc) is 3.08. The number of ether oxygens (including phenoxy) is 1. The number of aromatic nitrogens is 2. The zero-order valence-electron chi connectivity index (χ0n) is 14.6. The zero-order chi connectivity index (χ0) is 17.5. The number of aryl methyl sites for hydroxylation is 1. The molecule has 0 aromatic carbocycles. The minimum atomic E-state index is -0.126. The third-order valence-electron chi connectivity index (χ3n) is 4.25. The van der Waals surface area contributed by atoms with Crippen molar-refractivity contribution in [2.24, 2.45) is 0 Å². The SMILES string of the molecule is Cc1cc(C(=O)N(CCCN2CCOCC2)Cc2ccncc2)on1. The third kappa shape index (κ3) is 5.11. The van der Waals surface area contributed by atoms with Gasteiger partial charge < -0.3 is 14.2 Å². The summed E-state index contributed by atoms with van der Waals surface area (Å²) in [7, 11) is 0. The highest BCUT2D eigenvalue weighted by Crippen LogP contribution is 2.12. The minimum Gasteiger partial charge on any atom is -0.379 e. The Morgan fingerprint density at radius 2 is 2.04 bits per heavy atom. The summed E-state index contributed by atoms with van der Waals surface area (Å²) in [5.41, 5.74) is 1.76. The third-order valence-corrected chi connectivity index (χ3v) is 4.25. The Bertz CT molecular complexity index is 668. The lowest BCUT2D eigenvalue weighted by molar-refractivity contribution is 0.0353. The number of carbonyl (C=O) groups is 1. The molecule has 1 amide bonds. The molecule has 3 rings (SSSR count). The van der Waals surface area contributed by atoms with Crippen LogP contribution in [0.5, 0.6) is 0 Å². The first-order chi connectivity index (χ1) is 12.2. The molecule has 134 valence electrons. The average molecular weight is 344 g/mol. The van der Waals surface area contributed by atoms with Crippen LogP contribution < -0.4 is 0 Å². The monoisotopic (exact) mass is 344 g/mol. The van der Waals surface area contributed by atoms with Crippen molar-refractivity contribution in [3.8, 4) is 0 Å². The summed E-state index contributed by atoms with van der Waals surface area (Å²) in [6.45, 7) is 7.46. The number of amides is 1. The Morgan fingerprint density at radius 3 is 2.72 bits per heavy atom. The number of nitrogens with zero attached hydrogens (tertiary/aromatic N) is 4. The van der Waals surface area contributed by atoms with Gasteiger partial charge in [0.15, 0.2) is 0 Å². The maximum absolute atomic E-state index is 12.8. The molecule has 7 heteroatoms. The van der Waals surface area contributed by atoms with Gasteiger partial charge in [-0.2, -0.15) is 0 Å². The lowest BCUT2D eigenvalue weighted by Gasteiger charge is -2.28. The Balaban J connectivity index is 1.62. The van der Waals surface area contributed by atoms with Crippen molar-refractivity contribution in [2.75, 3.05) is 39.4 Å². The molecular weight excluding hydrogens is 320 g/mol. The van der Waals surface area contributed by atoms with Gasteiger partial charge in [0, 0.05) is 51.2 Å². The van der Waals surface area contributed by atoms with E-state index in [9.17, 15) is 4.79 Å². The molecule has 0 atom stereocenters. The van der Waals surface area contributed by atoms with Crippen molar-refractivity contribution in [1.82, 2.24) is 19.9 Å². The molecule has 0 spiro atoms. The first-order valence-corrected chi connectivity index (χ1v) is 8.64. The van der Waals surface area contributed by atoms with E-state index in [2.05, 4.69) is 15.0 Å². The second-order valence-corrected chi connectivity index (χ2v) is 6.22. The predicted molar refractivity (Wildman–Crippen MR) is 92.1 cm³/mol. The molecule has 2 aromatic heterocycles. The summed E-state index contributed by atoms with van der Waals surface area (Å²) < 4.78 is 10.5. The first-order valence-electron chi connectivity index (χ1n) is 8.64. The van der Waals surface area contributed by atoms with E-state index in [-0.39, 0.29) is 11.7 Å². The number of hydrogen-bond donors (Lipinski definition) is 0. The molecule has 0 unspecified atom stereocenters. The summed E-state index contributed by atoms with van der Waals surface area (Å²) in [4.78, 5) is 21.0. The topological polar surface area (TPSA) is 71.7 Å². The van der Waals surface area contributed by atoms with Crippen LogP contribution in [0.2, 0.25) is 0 Å².